The number of hydrogen-bond donors (Lipinski definition) is 1. The number of allylic oxidation sites excluding steroid dienone is 1. The summed E-state index contributed by atoms with van der Waals surface area (Å²) in [6, 6.07) is 0. The van der Waals surface area contributed by atoms with Crippen LogP contribution in [0.1, 0.15) is 52.9 Å². The van der Waals surface area contributed by atoms with Gasteiger partial charge in [0.2, 0.25) is 0 Å². The van der Waals surface area contributed by atoms with Crippen molar-refractivity contribution in [3.63, 3.8) is 0 Å². The number of aliphatic hydroxyl groups is 1. The molecule has 2 fully saturated rings. The SMILES string of the molecule is C=C[C@@]1(O)CCCC[C@@H]1C1=C[C@H]2[C@@H](C[C@@H]1C)C2(C)C. The lowest BCUT2D eigenvalue weighted by atomic mass is 9.67. The van der Waals surface area contributed by atoms with Gasteiger partial charge in [-0.05, 0) is 42.4 Å². The first-order valence-electron chi connectivity index (χ1n) is 7.97. The van der Waals surface area contributed by atoms with Crippen molar-refractivity contribution in [1.82, 2.24) is 0 Å². The van der Waals surface area contributed by atoms with Crippen LogP contribution < -0.4 is 0 Å². The van der Waals surface area contributed by atoms with Gasteiger partial charge in [0.1, 0.15) is 0 Å². The van der Waals surface area contributed by atoms with Gasteiger partial charge in [-0.1, -0.05) is 51.3 Å². The average molecular weight is 260 g/mol. The molecule has 0 unspecified atom stereocenters. The van der Waals surface area contributed by atoms with E-state index in [2.05, 4.69) is 33.4 Å². The molecule has 3 rings (SSSR count). The molecule has 0 radical (unpaired) electrons. The lowest BCUT2D eigenvalue weighted by molar-refractivity contribution is 0.00670. The van der Waals surface area contributed by atoms with Gasteiger partial charge in [0.15, 0.2) is 0 Å². The summed E-state index contributed by atoms with van der Waals surface area (Å²) in [5.41, 5.74) is 1.38. The van der Waals surface area contributed by atoms with Gasteiger partial charge in [0.25, 0.3) is 0 Å². The Morgan fingerprint density at radius 1 is 1.37 bits per heavy atom. The maximum atomic E-state index is 10.9. The van der Waals surface area contributed by atoms with Crippen LogP contribution in [0.4, 0.5) is 0 Å². The highest BCUT2D eigenvalue weighted by atomic mass is 16.3. The highest BCUT2D eigenvalue weighted by Gasteiger charge is 2.59. The average Bonchev–Trinajstić information content (AvgIpc) is 2.90. The van der Waals surface area contributed by atoms with Crippen LogP contribution in [0.15, 0.2) is 24.3 Å². The van der Waals surface area contributed by atoms with E-state index in [0.717, 1.165) is 31.1 Å². The van der Waals surface area contributed by atoms with Gasteiger partial charge in [-0.2, -0.15) is 0 Å². The van der Waals surface area contributed by atoms with E-state index in [9.17, 15) is 5.11 Å². The second-order valence-corrected chi connectivity index (χ2v) is 7.75. The Labute approximate surface area is 117 Å². The summed E-state index contributed by atoms with van der Waals surface area (Å²) < 4.78 is 0. The second kappa shape index (κ2) is 4.22. The molecule has 5 atom stereocenters. The minimum atomic E-state index is -0.649. The van der Waals surface area contributed by atoms with Gasteiger partial charge in [0.05, 0.1) is 5.60 Å². The predicted molar refractivity (Wildman–Crippen MR) is 79.7 cm³/mol. The van der Waals surface area contributed by atoms with Crippen LogP contribution >= 0.6 is 0 Å². The van der Waals surface area contributed by atoms with E-state index in [4.69, 9.17) is 0 Å². The third-order valence-electron chi connectivity index (χ3n) is 6.37. The molecule has 19 heavy (non-hydrogen) atoms. The van der Waals surface area contributed by atoms with Crippen molar-refractivity contribution in [2.75, 3.05) is 0 Å². The first kappa shape index (κ1) is 13.4. The van der Waals surface area contributed by atoms with E-state index in [1.54, 1.807) is 0 Å². The monoisotopic (exact) mass is 260 g/mol. The lowest BCUT2D eigenvalue weighted by Crippen LogP contribution is -2.41. The smallest absolute Gasteiger partial charge is 0.0890 e. The first-order valence-corrected chi connectivity index (χ1v) is 7.97. The van der Waals surface area contributed by atoms with E-state index in [1.165, 1.54) is 18.4 Å². The van der Waals surface area contributed by atoms with Crippen LogP contribution in [-0.2, 0) is 0 Å². The van der Waals surface area contributed by atoms with E-state index < -0.39 is 5.60 Å². The molecular weight excluding hydrogens is 232 g/mol. The minimum Gasteiger partial charge on any atom is -0.385 e. The standard InChI is InChI=1S/C18H28O/c1-5-18(19)9-7-6-8-14(18)13-11-16-15(10-12(13)2)17(16,3)4/h5,11-12,14-16,19H,1,6-10H2,2-4H3/t12-,14+,15+,16-,18+/m0/s1. The fourth-order valence-corrected chi connectivity index (χ4v) is 4.80. The molecule has 0 aromatic carbocycles. The quantitative estimate of drug-likeness (QED) is 0.733. The third-order valence-corrected chi connectivity index (χ3v) is 6.37. The Kier molecular flexibility index (Phi) is 2.98. The molecule has 0 heterocycles. The van der Waals surface area contributed by atoms with E-state index in [-0.39, 0.29) is 0 Å². The zero-order valence-corrected chi connectivity index (χ0v) is 12.7. The van der Waals surface area contributed by atoms with Crippen LogP contribution in [0.5, 0.6) is 0 Å². The van der Waals surface area contributed by atoms with Gasteiger partial charge in [-0.15, -0.1) is 6.58 Å². The Balaban J connectivity index is 1.90. The molecule has 3 aliphatic carbocycles. The largest absolute Gasteiger partial charge is 0.385 e. The molecule has 0 amide bonds. The molecule has 1 nitrogen and oxygen atoms in total. The fourth-order valence-electron chi connectivity index (χ4n) is 4.80. The molecule has 0 aromatic rings. The molecule has 0 bridgehead atoms. The van der Waals surface area contributed by atoms with Crippen LogP contribution in [0.3, 0.4) is 0 Å². The Hall–Kier alpha value is -0.560. The summed E-state index contributed by atoms with van der Waals surface area (Å²) in [7, 11) is 0. The van der Waals surface area contributed by atoms with Crippen molar-refractivity contribution in [1.29, 1.82) is 0 Å². The number of fused-ring (bicyclic) bond motifs is 1. The van der Waals surface area contributed by atoms with Gasteiger partial charge >= 0.3 is 0 Å². The summed E-state index contributed by atoms with van der Waals surface area (Å²) in [5, 5.41) is 10.9. The zero-order valence-electron chi connectivity index (χ0n) is 12.7. The van der Waals surface area contributed by atoms with Gasteiger partial charge in [0, 0.05) is 5.92 Å². The Morgan fingerprint density at radius 2 is 2.11 bits per heavy atom. The predicted octanol–water partition coefficient (Wildman–Crippen LogP) is 4.33. The van der Waals surface area contributed by atoms with Crippen molar-refractivity contribution in [2.24, 2.45) is 29.1 Å². The van der Waals surface area contributed by atoms with Gasteiger partial charge in [-0.25, -0.2) is 0 Å². The minimum absolute atomic E-state index is 0.325. The van der Waals surface area contributed by atoms with Crippen molar-refractivity contribution in [3.05, 3.63) is 24.3 Å². The maximum absolute atomic E-state index is 10.9. The molecule has 1 heteroatoms. The fraction of sp³-hybridized carbons (Fsp3) is 0.778. The Bertz CT molecular complexity index is 419. The molecule has 0 spiro atoms. The van der Waals surface area contributed by atoms with Crippen molar-refractivity contribution in [2.45, 2.75) is 58.5 Å². The second-order valence-electron chi connectivity index (χ2n) is 7.75. The zero-order chi connectivity index (χ0) is 13.8. The summed E-state index contributed by atoms with van der Waals surface area (Å²) in [6.45, 7) is 11.1. The van der Waals surface area contributed by atoms with Crippen LogP contribution in [-0.4, -0.2) is 10.7 Å². The normalized spacial score (nSPS) is 48.1. The molecule has 1 N–H and O–H groups in total. The molecule has 106 valence electrons. The van der Waals surface area contributed by atoms with Crippen molar-refractivity contribution in [3.8, 4) is 0 Å². The molecule has 0 aliphatic heterocycles. The van der Waals surface area contributed by atoms with Crippen molar-refractivity contribution >= 4 is 0 Å². The molecule has 0 saturated heterocycles. The Morgan fingerprint density at radius 3 is 2.79 bits per heavy atom. The van der Waals surface area contributed by atoms with Crippen LogP contribution in [0.2, 0.25) is 0 Å². The van der Waals surface area contributed by atoms with Crippen molar-refractivity contribution < 1.29 is 5.11 Å². The van der Waals surface area contributed by atoms with Gasteiger partial charge < -0.3 is 5.11 Å². The molecule has 0 aromatic heterocycles. The summed E-state index contributed by atoms with van der Waals surface area (Å²) in [5.74, 6) is 2.60. The molecule has 3 aliphatic rings. The first-order chi connectivity index (χ1) is 8.90. The summed E-state index contributed by atoms with van der Waals surface area (Å²) in [4.78, 5) is 0. The van der Waals surface area contributed by atoms with E-state index >= 15 is 0 Å². The van der Waals surface area contributed by atoms with Gasteiger partial charge in [-0.3, -0.25) is 0 Å². The van der Waals surface area contributed by atoms with E-state index in [0.29, 0.717) is 17.3 Å². The van der Waals surface area contributed by atoms with E-state index in [1.807, 2.05) is 6.08 Å². The number of hydrogen-bond acceptors (Lipinski definition) is 1. The third kappa shape index (κ3) is 1.93. The highest BCUT2D eigenvalue weighted by molar-refractivity contribution is 5.30. The van der Waals surface area contributed by atoms with Crippen LogP contribution in [0.25, 0.3) is 0 Å². The topological polar surface area (TPSA) is 20.2 Å². The molecular formula is C18H28O. The van der Waals surface area contributed by atoms with Crippen LogP contribution in [0, 0.1) is 29.1 Å². The highest BCUT2D eigenvalue weighted by Crippen LogP contribution is 2.65. The summed E-state index contributed by atoms with van der Waals surface area (Å²) in [6.07, 6.45) is 10.1. The number of rotatable bonds is 2. The maximum Gasteiger partial charge on any atom is 0.0890 e. The summed E-state index contributed by atoms with van der Waals surface area (Å²) >= 11 is 0. The lowest BCUT2D eigenvalue weighted by Gasteiger charge is -2.42. The molecule has 2 saturated carbocycles.